The molecule has 6 nitrogen and oxygen atoms in total. The van der Waals surface area contributed by atoms with Gasteiger partial charge in [-0.25, -0.2) is 0 Å². The minimum Gasteiger partial charge on any atom is -0.368 e. The molecule has 19 heavy (non-hydrogen) atoms. The van der Waals surface area contributed by atoms with Gasteiger partial charge in [-0.1, -0.05) is 39.8 Å². The van der Waals surface area contributed by atoms with Crippen LogP contribution in [0, 0.1) is 0 Å². The lowest BCUT2D eigenvalue weighted by Crippen LogP contribution is -2.04. The van der Waals surface area contributed by atoms with Crippen molar-refractivity contribution in [3.05, 3.63) is 28.7 Å². The fraction of sp³-hybridized carbons (Fsp3) is 0.0909. The Balaban J connectivity index is 2.16. The van der Waals surface area contributed by atoms with Gasteiger partial charge < -0.3 is 5.73 Å². The van der Waals surface area contributed by atoms with Gasteiger partial charge in [-0.2, -0.15) is 19.5 Å². The summed E-state index contributed by atoms with van der Waals surface area (Å²) >= 11 is 4.81. The molecular weight excluding hydrogens is 328 g/mol. The Morgan fingerprint density at radius 1 is 1.16 bits per heavy atom. The van der Waals surface area contributed by atoms with Crippen molar-refractivity contribution in [3.8, 4) is 11.4 Å². The second-order valence-electron chi connectivity index (χ2n) is 3.72. The minimum absolute atomic E-state index is 0.283. The fourth-order valence-corrected chi connectivity index (χ4v) is 2.22. The Hall–Kier alpha value is -1.67. The van der Waals surface area contributed by atoms with Gasteiger partial charge in [-0.15, -0.1) is 5.10 Å². The zero-order valence-electron chi connectivity index (χ0n) is 9.91. The molecule has 0 aliphatic heterocycles. The van der Waals surface area contributed by atoms with Crippen molar-refractivity contribution in [2.75, 3.05) is 12.0 Å². The quantitative estimate of drug-likeness (QED) is 0.723. The first-order chi connectivity index (χ1) is 9.17. The van der Waals surface area contributed by atoms with Crippen LogP contribution in [0.5, 0.6) is 0 Å². The van der Waals surface area contributed by atoms with Gasteiger partial charge in [0.05, 0.1) is 0 Å². The molecule has 3 rings (SSSR count). The zero-order chi connectivity index (χ0) is 13.4. The topological polar surface area (TPSA) is 82.0 Å². The summed E-state index contributed by atoms with van der Waals surface area (Å²) in [6.07, 6.45) is 1.89. The molecule has 0 unspecified atom stereocenters. The van der Waals surface area contributed by atoms with Crippen molar-refractivity contribution in [2.24, 2.45) is 0 Å². The number of benzene rings is 1. The number of nitrogen functional groups attached to an aromatic ring is 1. The summed E-state index contributed by atoms with van der Waals surface area (Å²) in [7, 11) is 0. The first-order valence-electron chi connectivity index (χ1n) is 5.37. The van der Waals surface area contributed by atoms with E-state index in [1.165, 1.54) is 16.3 Å². The van der Waals surface area contributed by atoms with Gasteiger partial charge in [0, 0.05) is 10.0 Å². The molecular formula is C11H9BrN6S. The Labute approximate surface area is 121 Å². The average molecular weight is 337 g/mol. The molecule has 0 spiro atoms. The van der Waals surface area contributed by atoms with E-state index in [9.17, 15) is 0 Å². The van der Waals surface area contributed by atoms with Crippen LogP contribution in [-0.4, -0.2) is 30.8 Å². The number of thioether (sulfide) groups is 1. The molecule has 3 aromatic rings. The third-order valence-electron chi connectivity index (χ3n) is 2.50. The van der Waals surface area contributed by atoms with Gasteiger partial charge >= 0.3 is 0 Å². The number of anilines is 1. The van der Waals surface area contributed by atoms with Crippen molar-refractivity contribution >= 4 is 39.4 Å². The molecule has 2 N–H and O–H groups in total. The highest BCUT2D eigenvalue weighted by molar-refractivity contribution is 9.10. The van der Waals surface area contributed by atoms with Crippen LogP contribution in [0.25, 0.3) is 17.2 Å². The Kier molecular flexibility index (Phi) is 3.11. The van der Waals surface area contributed by atoms with Gasteiger partial charge in [-0.05, 0) is 18.4 Å². The number of rotatable bonds is 2. The average Bonchev–Trinajstić information content (AvgIpc) is 2.84. The maximum Gasteiger partial charge on any atom is 0.258 e. The zero-order valence-corrected chi connectivity index (χ0v) is 12.3. The van der Waals surface area contributed by atoms with Crippen molar-refractivity contribution in [1.29, 1.82) is 0 Å². The Morgan fingerprint density at radius 3 is 2.58 bits per heavy atom. The first kappa shape index (κ1) is 12.4. The van der Waals surface area contributed by atoms with Gasteiger partial charge in [0.15, 0.2) is 11.0 Å². The number of halogens is 1. The maximum absolute atomic E-state index is 5.84. The van der Waals surface area contributed by atoms with Crippen LogP contribution in [0.3, 0.4) is 0 Å². The van der Waals surface area contributed by atoms with Crippen molar-refractivity contribution in [1.82, 2.24) is 24.6 Å². The monoisotopic (exact) mass is 336 g/mol. The predicted octanol–water partition coefficient (Wildman–Crippen LogP) is 2.25. The summed E-state index contributed by atoms with van der Waals surface area (Å²) in [5, 5.41) is 4.90. The van der Waals surface area contributed by atoms with Crippen LogP contribution in [0.2, 0.25) is 0 Å². The number of hydrogen-bond acceptors (Lipinski definition) is 6. The molecule has 0 fully saturated rings. The van der Waals surface area contributed by atoms with E-state index in [1.54, 1.807) is 0 Å². The number of nitrogens with two attached hydrogens (primary N) is 1. The highest BCUT2D eigenvalue weighted by Gasteiger charge is 2.11. The Bertz CT molecular complexity index is 739. The summed E-state index contributed by atoms with van der Waals surface area (Å²) in [6.45, 7) is 0. The third kappa shape index (κ3) is 2.28. The largest absolute Gasteiger partial charge is 0.368 e. The first-order valence-corrected chi connectivity index (χ1v) is 7.39. The number of aromatic nitrogens is 5. The molecule has 0 saturated heterocycles. The number of hydrogen-bond donors (Lipinski definition) is 1. The van der Waals surface area contributed by atoms with Gasteiger partial charge in [0.2, 0.25) is 5.95 Å². The molecule has 0 radical (unpaired) electrons. The SMILES string of the molecule is CSc1nc(N)n2nc(-c3ccc(Br)cc3)nc2n1. The van der Waals surface area contributed by atoms with E-state index in [0.29, 0.717) is 16.8 Å². The minimum atomic E-state index is 0.283. The van der Waals surface area contributed by atoms with Gasteiger partial charge in [-0.3, -0.25) is 0 Å². The van der Waals surface area contributed by atoms with Crippen molar-refractivity contribution in [3.63, 3.8) is 0 Å². The normalized spacial score (nSPS) is 11.1. The van der Waals surface area contributed by atoms with Gasteiger partial charge in [0.1, 0.15) is 0 Å². The van der Waals surface area contributed by atoms with Crippen molar-refractivity contribution < 1.29 is 0 Å². The molecule has 0 aliphatic rings. The summed E-state index contributed by atoms with van der Waals surface area (Å²) in [4.78, 5) is 12.8. The lowest BCUT2D eigenvalue weighted by Gasteiger charge is -1.97. The van der Waals surface area contributed by atoms with Crippen LogP contribution in [0.4, 0.5) is 5.95 Å². The van der Waals surface area contributed by atoms with Crippen LogP contribution in [0.15, 0.2) is 33.9 Å². The van der Waals surface area contributed by atoms with E-state index in [1.807, 2.05) is 30.5 Å². The molecule has 0 amide bonds. The van der Waals surface area contributed by atoms with E-state index in [0.717, 1.165) is 10.0 Å². The van der Waals surface area contributed by atoms with Crippen LogP contribution >= 0.6 is 27.7 Å². The van der Waals surface area contributed by atoms with E-state index in [-0.39, 0.29) is 5.95 Å². The lowest BCUT2D eigenvalue weighted by atomic mass is 10.2. The van der Waals surface area contributed by atoms with E-state index in [2.05, 4.69) is 36.0 Å². The second-order valence-corrected chi connectivity index (χ2v) is 5.41. The van der Waals surface area contributed by atoms with Crippen LogP contribution in [0.1, 0.15) is 0 Å². The smallest absolute Gasteiger partial charge is 0.258 e. The van der Waals surface area contributed by atoms with Crippen LogP contribution < -0.4 is 5.73 Å². The summed E-state index contributed by atoms with van der Waals surface area (Å²) < 4.78 is 2.45. The lowest BCUT2D eigenvalue weighted by molar-refractivity contribution is 0.851. The molecule has 0 atom stereocenters. The summed E-state index contributed by atoms with van der Waals surface area (Å²) in [6, 6.07) is 7.72. The molecule has 0 aliphatic carbocycles. The molecule has 2 heterocycles. The highest BCUT2D eigenvalue weighted by Crippen LogP contribution is 2.20. The molecule has 8 heteroatoms. The summed E-state index contributed by atoms with van der Waals surface area (Å²) in [5.41, 5.74) is 6.74. The highest BCUT2D eigenvalue weighted by atomic mass is 79.9. The van der Waals surface area contributed by atoms with E-state index < -0.39 is 0 Å². The standard InChI is InChI=1S/C11H9BrN6S/c1-19-11-15-9(13)18-10(16-11)14-8(17-18)6-2-4-7(12)5-3-6/h2-5H,1H3,(H2,13,14,15,16,17). The summed E-state index contributed by atoms with van der Waals surface area (Å²) in [5.74, 6) is 1.31. The fourth-order valence-electron chi connectivity index (χ4n) is 1.60. The van der Waals surface area contributed by atoms with E-state index >= 15 is 0 Å². The molecule has 2 aromatic heterocycles. The Morgan fingerprint density at radius 2 is 1.89 bits per heavy atom. The van der Waals surface area contributed by atoms with Gasteiger partial charge in [0.25, 0.3) is 5.78 Å². The maximum atomic E-state index is 5.84. The molecule has 0 bridgehead atoms. The van der Waals surface area contributed by atoms with Crippen LogP contribution in [-0.2, 0) is 0 Å². The predicted molar refractivity (Wildman–Crippen MR) is 77.9 cm³/mol. The molecule has 1 aromatic carbocycles. The van der Waals surface area contributed by atoms with E-state index in [4.69, 9.17) is 5.73 Å². The second kappa shape index (κ2) is 4.78. The van der Waals surface area contributed by atoms with Crippen molar-refractivity contribution in [2.45, 2.75) is 5.16 Å². The molecule has 96 valence electrons. The molecule has 0 saturated carbocycles. The third-order valence-corrected chi connectivity index (χ3v) is 3.57. The number of fused-ring (bicyclic) bond motifs is 1. The number of nitrogens with zero attached hydrogens (tertiary/aromatic N) is 5.